The van der Waals surface area contributed by atoms with Crippen LogP contribution in [0.15, 0.2) is 24.5 Å². The number of carbonyl (C=O) groups is 2. The zero-order chi connectivity index (χ0) is 12.3. The van der Waals surface area contributed by atoms with E-state index >= 15 is 0 Å². The van der Waals surface area contributed by atoms with Gasteiger partial charge < -0.3 is 10.2 Å². The molecule has 0 spiro atoms. The fraction of sp³-hybridized carbons (Fsp3) is 0.417. The van der Waals surface area contributed by atoms with Crippen LogP contribution in [0.4, 0.5) is 0 Å². The van der Waals surface area contributed by atoms with Gasteiger partial charge in [-0.3, -0.25) is 14.6 Å². The molecule has 90 valence electrons. The van der Waals surface area contributed by atoms with E-state index in [1.165, 1.54) is 6.92 Å². The van der Waals surface area contributed by atoms with Gasteiger partial charge in [-0.25, -0.2) is 0 Å². The minimum Gasteiger partial charge on any atom is -0.352 e. The van der Waals surface area contributed by atoms with Crippen LogP contribution < -0.4 is 5.32 Å². The molecule has 0 saturated carbocycles. The van der Waals surface area contributed by atoms with Gasteiger partial charge in [0.15, 0.2) is 0 Å². The first-order valence-corrected chi connectivity index (χ1v) is 5.59. The molecule has 1 N–H and O–H groups in total. The number of pyridine rings is 1. The zero-order valence-electron chi connectivity index (χ0n) is 9.72. The molecule has 2 heterocycles. The van der Waals surface area contributed by atoms with Crippen molar-refractivity contribution in [1.82, 2.24) is 15.2 Å². The summed E-state index contributed by atoms with van der Waals surface area (Å²) in [5.74, 6) is -0.0248. The number of carbonyl (C=O) groups excluding carboxylic acids is 2. The van der Waals surface area contributed by atoms with Crippen LogP contribution in [0.5, 0.6) is 0 Å². The third kappa shape index (κ3) is 2.81. The van der Waals surface area contributed by atoms with Gasteiger partial charge in [-0.1, -0.05) is 6.07 Å². The van der Waals surface area contributed by atoms with Crippen molar-refractivity contribution in [3.63, 3.8) is 0 Å². The van der Waals surface area contributed by atoms with Crippen molar-refractivity contribution in [2.24, 2.45) is 5.92 Å². The van der Waals surface area contributed by atoms with Gasteiger partial charge in [0.05, 0.1) is 5.92 Å². The van der Waals surface area contributed by atoms with Crippen LogP contribution >= 0.6 is 0 Å². The van der Waals surface area contributed by atoms with E-state index in [0.29, 0.717) is 19.6 Å². The summed E-state index contributed by atoms with van der Waals surface area (Å²) in [5, 5.41) is 2.84. The average Bonchev–Trinajstić information content (AvgIpc) is 2.25. The molecule has 1 aliphatic rings. The van der Waals surface area contributed by atoms with Gasteiger partial charge >= 0.3 is 0 Å². The Hall–Kier alpha value is -1.91. The van der Waals surface area contributed by atoms with Gasteiger partial charge in [-0.05, 0) is 11.6 Å². The Labute approximate surface area is 99.8 Å². The second-order valence-corrected chi connectivity index (χ2v) is 4.20. The molecule has 0 unspecified atom stereocenters. The Morgan fingerprint density at radius 3 is 2.88 bits per heavy atom. The Kier molecular flexibility index (Phi) is 3.37. The second-order valence-electron chi connectivity index (χ2n) is 4.20. The molecular formula is C12H15N3O2. The van der Waals surface area contributed by atoms with Gasteiger partial charge in [-0.2, -0.15) is 0 Å². The third-order valence-electron chi connectivity index (χ3n) is 2.89. The Morgan fingerprint density at radius 1 is 1.53 bits per heavy atom. The van der Waals surface area contributed by atoms with Crippen molar-refractivity contribution in [3.05, 3.63) is 30.1 Å². The highest BCUT2D eigenvalue weighted by molar-refractivity contribution is 5.83. The van der Waals surface area contributed by atoms with E-state index in [4.69, 9.17) is 0 Å². The van der Waals surface area contributed by atoms with Crippen molar-refractivity contribution in [2.45, 2.75) is 13.5 Å². The molecule has 1 aromatic rings. The summed E-state index contributed by atoms with van der Waals surface area (Å²) >= 11 is 0. The van der Waals surface area contributed by atoms with Crippen molar-refractivity contribution >= 4 is 11.8 Å². The minimum atomic E-state index is -0.0597. The van der Waals surface area contributed by atoms with Crippen LogP contribution in [0.1, 0.15) is 12.5 Å². The maximum Gasteiger partial charge on any atom is 0.226 e. The highest BCUT2D eigenvalue weighted by Gasteiger charge is 2.33. The third-order valence-corrected chi connectivity index (χ3v) is 2.89. The predicted molar refractivity (Wildman–Crippen MR) is 61.8 cm³/mol. The Bertz CT molecular complexity index is 413. The molecule has 0 atom stereocenters. The molecule has 1 aliphatic heterocycles. The van der Waals surface area contributed by atoms with Crippen LogP contribution in [0.2, 0.25) is 0 Å². The molecule has 1 fully saturated rings. The van der Waals surface area contributed by atoms with Crippen LogP contribution in [-0.2, 0) is 16.1 Å². The predicted octanol–water partition coefficient (Wildman–Crippen LogP) is 0.176. The summed E-state index contributed by atoms with van der Waals surface area (Å²) < 4.78 is 0. The monoisotopic (exact) mass is 233 g/mol. The van der Waals surface area contributed by atoms with Gasteiger partial charge in [0.2, 0.25) is 11.8 Å². The summed E-state index contributed by atoms with van der Waals surface area (Å²) in [4.78, 5) is 28.3. The number of amides is 2. The van der Waals surface area contributed by atoms with Gasteiger partial charge in [0.1, 0.15) is 0 Å². The van der Waals surface area contributed by atoms with E-state index in [1.54, 1.807) is 17.3 Å². The lowest BCUT2D eigenvalue weighted by Crippen LogP contribution is -2.55. The lowest BCUT2D eigenvalue weighted by molar-refractivity contribution is -0.141. The van der Waals surface area contributed by atoms with Crippen molar-refractivity contribution in [2.75, 3.05) is 13.1 Å². The molecule has 0 bridgehead atoms. The summed E-state index contributed by atoms with van der Waals surface area (Å²) in [6.45, 7) is 3.08. The zero-order valence-corrected chi connectivity index (χ0v) is 9.72. The molecule has 2 rings (SSSR count). The molecule has 2 amide bonds. The molecule has 5 heteroatoms. The molecule has 1 saturated heterocycles. The summed E-state index contributed by atoms with van der Waals surface area (Å²) in [6.07, 6.45) is 3.42. The highest BCUT2D eigenvalue weighted by Crippen LogP contribution is 2.15. The van der Waals surface area contributed by atoms with Crippen molar-refractivity contribution in [1.29, 1.82) is 0 Å². The van der Waals surface area contributed by atoms with Crippen LogP contribution in [-0.4, -0.2) is 34.8 Å². The second kappa shape index (κ2) is 4.95. The first kappa shape index (κ1) is 11.6. The molecule has 17 heavy (non-hydrogen) atoms. The summed E-state index contributed by atoms with van der Waals surface area (Å²) in [5.41, 5.74) is 0.976. The Balaban J connectivity index is 1.74. The number of nitrogens with zero attached hydrogens (tertiary/aromatic N) is 2. The average molecular weight is 233 g/mol. The highest BCUT2D eigenvalue weighted by atomic mass is 16.2. The minimum absolute atomic E-state index is 0.00588. The number of nitrogens with one attached hydrogen (secondary N) is 1. The van der Waals surface area contributed by atoms with E-state index in [1.807, 2.05) is 12.1 Å². The lowest BCUT2D eigenvalue weighted by Gasteiger charge is -2.37. The van der Waals surface area contributed by atoms with E-state index < -0.39 is 0 Å². The first-order valence-electron chi connectivity index (χ1n) is 5.59. The van der Waals surface area contributed by atoms with Crippen LogP contribution in [0.3, 0.4) is 0 Å². The first-order chi connectivity index (χ1) is 8.16. The number of aromatic nitrogens is 1. The normalized spacial score (nSPS) is 15.2. The molecule has 1 aromatic heterocycles. The SMILES string of the molecule is CC(=O)N1CC(C(=O)NCc2cccnc2)C1. The molecule has 0 radical (unpaired) electrons. The molecular weight excluding hydrogens is 218 g/mol. The largest absolute Gasteiger partial charge is 0.352 e. The number of likely N-dealkylation sites (tertiary alicyclic amines) is 1. The smallest absolute Gasteiger partial charge is 0.226 e. The maximum atomic E-state index is 11.7. The topological polar surface area (TPSA) is 62.3 Å². The fourth-order valence-electron chi connectivity index (χ4n) is 1.74. The summed E-state index contributed by atoms with van der Waals surface area (Å²) in [7, 11) is 0. The Morgan fingerprint density at radius 2 is 2.29 bits per heavy atom. The van der Waals surface area contributed by atoms with E-state index in [0.717, 1.165) is 5.56 Å². The van der Waals surface area contributed by atoms with Gasteiger partial charge in [-0.15, -0.1) is 0 Å². The van der Waals surface area contributed by atoms with E-state index in [9.17, 15) is 9.59 Å². The van der Waals surface area contributed by atoms with Crippen molar-refractivity contribution in [3.8, 4) is 0 Å². The number of hydrogen-bond donors (Lipinski definition) is 1. The van der Waals surface area contributed by atoms with Gasteiger partial charge in [0, 0.05) is 39.0 Å². The quantitative estimate of drug-likeness (QED) is 0.810. The van der Waals surface area contributed by atoms with Gasteiger partial charge in [0.25, 0.3) is 0 Å². The fourth-order valence-corrected chi connectivity index (χ4v) is 1.74. The van der Waals surface area contributed by atoms with Crippen LogP contribution in [0.25, 0.3) is 0 Å². The van der Waals surface area contributed by atoms with E-state index in [2.05, 4.69) is 10.3 Å². The maximum absolute atomic E-state index is 11.7. The standard InChI is InChI=1S/C12H15N3O2/c1-9(16)15-7-11(8-15)12(17)14-6-10-3-2-4-13-5-10/h2-5,11H,6-8H2,1H3,(H,14,17). The number of hydrogen-bond acceptors (Lipinski definition) is 3. The number of rotatable bonds is 3. The molecule has 0 aromatic carbocycles. The molecule has 0 aliphatic carbocycles. The molecule has 5 nitrogen and oxygen atoms in total. The van der Waals surface area contributed by atoms with E-state index in [-0.39, 0.29) is 17.7 Å². The van der Waals surface area contributed by atoms with Crippen molar-refractivity contribution < 1.29 is 9.59 Å². The lowest BCUT2D eigenvalue weighted by atomic mass is 9.99. The van der Waals surface area contributed by atoms with Crippen LogP contribution in [0, 0.1) is 5.92 Å². The summed E-state index contributed by atoms with van der Waals surface area (Å²) in [6, 6.07) is 3.75.